The lowest BCUT2D eigenvalue weighted by molar-refractivity contribution is -0.142. The van der Waals surface area contributed by atoms with E-state index in [0.29, 0.717) is 60.4 Å². The van der Waals surface area contributed by atoms with E-state index in [0.717, 1.165) is 22.6 Å². The summed E-state index contributed by atoms with van der Waals surface area (Å²) in [7, 11) is 0. The minimum Gasteiger partial charge on any atom is -0.488 e. The fraction of sp³-hybridized carbons (Fsp3) is 0.194. The number of anilines is 1. The Kier molecular flexibility index (Phi) is 7.95. The Morgan fingerprint density at radius 2 is 1.69 bits per heavy atom. The van der Waals surface area contributed by atoms with Crippen molar-refractivity contribution < 1.29 is 19.4 Å². The number of halogens is 1. The molecule has 0 saturated carbocycles. The Morgan fingerprint density at radius 1 is 1.00 bits per heavy atom. The topological polar surface area (TPSA) is 95.7 Å². The highest BCUT2D eigenvalue weighted by atomic mass is 35.5. The maximum Gasteiger partial charge on any atom is 0.306 e. The van der Waals surface area contributed by atoms with E-state index >= 15 is 0 Å². The van der Waals surface area contributed by atoms with Gasteiger partial charge in [0, 0.05) is 23.7 Å². The van der Waals surface area contributed by atoms with Gasteiger partial charge >= 0.3 is 5.97 Å². The van der Waals surface area contributed by atoms with Gasteiger partial charge in [-0.1, -0.05) is 29.8 Å². The molecule has 2 heterocycles. The minimum atomic E-state index is -0.731. The maximum atomic E-state index is 11.3. The van der Waals surface area contributed by atoms with Gasteiger partial charge < -0.3 is 19.5 Å². The Labute approximate surface area is 231 Å². The van der Waals surface area contributed by atoms with Gasteiger partial charge in [0.15, 0.2) is 0 Å². The first-order valence-electron chi connectivity index (χ1n) is 12.6. The molecule has 0 radical (unpaired) electrons. The number of pyridine rings is 1. The molecule has 0 aliphatic carbocycles. The highest BCUT2D eigenvalue weighted by Gasteiger charge is 2.25. The summed E-state index contributed by atoms with van der Waals surface area (Å²) in [5.74, 6) is 1.78. The number of carboxylic acids is 1. The summed E-state index contributed by atoms with van der Waals surface area (Å²) in [4.78, 5) is 18.3. The van der Waals surface area contributed by atoms with E-state index in [1.54, 1.807) is 30.3 Å². The van der Waals surface area contributed by atoms with E-state index in [4.69, 9.17) is 31.3 Å². The predicted octanol–water partition coefficient (Wildman–Crippen LogP) is 6.95. The average molecular weight is 540 g/mol. The van der Waals surface area contributed by atoms with Crippen LogP contribution in [0.1, 0.15) is 24.0 Å². The van der Waals surface area contributed by atoms with Crippen LogP contribution in [-0.2, 0) is 11.4 Å². The highest BCUT2D eigenvalue weighted by molar-refractivity contribution is 6.31. The third kappa shape index (κ3) is 6.49. The second-order valence-electron chi connectivity index (χ2n) is 9.29. The molecule has 39 heavy (non-hydrogen) atoms. The summed E-state index contributed by atoms with van der Waals surface area (Å²) >= 11 is 6.34. The van der Waals surface area contributed by atoms with Gasteiger partial charge in [0.05, 0.1) is 23.2 Å². The molecule has 0 bridgehead atoms. The monoisotopic (exact) mass is 539 g/mol. The molecule has 1 saturated heterocycles. The number of hydrogen-bond donors (Lipinski definition) is 1. The summed E-state index contributed by atoms with van der Waals surface area (Å²) in [6.07, 6.45) is 1.20. The van der Waals surface area contributed by atoms with Gasteiger partial charge in [-0.2, -0.15) is 5.26 Å². The molecule has 7 nitrogen and oxygen atoms in total. The molecule has 1 aromatic heterocycles. The molecule has 4 aromatic rings. The average Bonchev–Trinajstić information content (AvgIpc) is 2.98. The molecule has 0 atom stereocenters. The molecule has 0 amide bonds. The van der Waals surface area contributed by atoms with Crippen LogP contribution < -0.4 is 14.4 Å². The van der Waals surface area contributed by atoms with Crippen LogP contribution in [0, 0.1) is 17.2 Å². The second-order valence-corrected chi connectivity index (χ2v) is 9.73. The van der Waals surface area contributed by atoms with Crippen LogP contribution in [0.2, 0.25) is 5.02 Å². The first-order chi connectivity index (χ1) is 19.0. The number of rotatable bonds is 8. The van der Waals surface area contributed by atoms with Gasteiger partial charge in [-0.25, -0.2) is 4.98 Å². The third-order valence-electron chi connectivity index (χ3n) is 6.66. The largest absolute Gasteiger partial charge is 0.488 e. The fourth-order valence-electron chi connectivity index (χ4n) is 4.48. The summed E-state index contributed by atoms with van der Waals surface area (Å²) in [6, 6.07) is 27.9. The van der Waals surface area contributed by atoms with Gasteiger partial charge in [0.1, 0.15) is 29.7 Å². The summed E-state index contributed by atoms with van der Waals surface area (Å²) in [5, 5.41) is 18.8. The number of nitrogens with zero attached hydrogens (tertiary/aromatic N) is 3. The number of piperidine rings is 1. The zero-order valence-electron chi connectivity index (χ0n) is 21.1. The number of hydrogen-bond acceptors (Lipinski definition) is 6. The molecule has 1 aliphatic heterocycles. The summed E-state index contributed by atoms with van der Waals surface area (Å²) < 4.78 is 12.1. The van der Waals surface area contributed by atoms with E-state index in [-0.39, 0.29) is 5.92 Å². The van der Waals surface area contributed by atoms with Crippen LogP contribution >= 0.6 is 11.6 Å². The van der Waals surface area contributed by atoms with E-state index < -0.39 is 5.97 Å². The Morgan fingerprint density at radius 3 is 2.36 bits per heavy atom. The molecule has 1 aliphatic rings. The molecule has 1 N–H and O–H groups in total. The van der Waals surface area contributed by atoms with Crippen molar-refractivity contribution in [1.82, 2.24) is 4.98 Å². The zero-order valence-corrected chi connectivity index (χ0v) is 21.8. The number of ether oxygens (including phenoxy) is 2. The number of carboxylic acid groups (broad SMARTS) is 1. The smallest absolute Gasteiger partial charge is 0.306 e. The van der Waals surface area contributed by atoms with Crippen molar-refractivity contribution in [3.05, 3.63) is 101 Å². The van der Waals surface area contributed by atoms with Gasteiger partial charge in [-0.15, -0.1) is 0 Å². The SMILES string of the molecule is N#Cc1ccc(Oc2ccc(COc3ccc(Cl)cc3-c3cccc(N4CCC(C(=O)O)CC4)n3)cc2)cc1. The van der Waals surface area contributed by atoms with Crippen molar-refractivity contribution in [1.29, 1.82) is 5.26 Å². The van der Waals surface area contributed by atoms with Crippen molar-refractivity contribution in [2.75, 3.05) is 18.0 Å². The molecule has 3 aromatic carbocycles. The molecule has 0 spiro atoms. The molecular formula is C31H26ClN3O4. The molecule has 1 fully saturated rings. The van der Waals surface area contributed by atoms with Crippen LogP contribution in [0.4, 0.5) is 5.82 Å². The number of aliphatic carboxylic acids is 1. The summed E-state index contributed by atoms with van der Waals surface area (Å²) in [6.45, 7) is 1.64. The third-order valence-corrected chi connectivity index (χ3v) is 6.89. The van der Waals surface area contributed by atoms with Crippen LogP contribution in [0.25, 0.3) is 11.3 Å². The van der Waals surface area contributed by atoms with Crippen LogP contribution in [0.3, 0.4) is 0 Å². The standard InChI is InChI=1S/C31H26ClN3O4/c32-24-8-13-29(38-20-22-6-11-26(12-7-22)39-25-9-4-21(19-33)5-10-25)27(18-24)28-2-1-3-30(34-28)35-16-14-23(15-17-35)31(36)37/h1-13,18,23H,14-17,20H2,(H,36,37). The van der Waals surface area contributed by atoms with Gasteiger partial charge in [-0.05, 0) is 85.1 Å². The molecule has 8 heteroatoms. The number of aromatic nitrogens is 1. The minimum absolute atomic E-state index is 0.297. The molecule has 5 rings (SSSR count). The fourth-order valence-corrected chi connectivity index (χ4v) is 4.65. The van der Waals surface area contributed by atoms with Gasteiger partial charge in [-0.3, -0.25) is 4.79 Å². The summed E-state index contributed by atoms with van der Waals surface area (Å²) in [5.41, 5.74) is 3.06. The van der Waals surface area contributed by atoms with Crippen molar-refractivity contribution >= 4 is 23.4 Å². The van der Waals surface area contributed by atoms with Crippen LogP contribution in [0.5, 0.6) is 17.2 Å². The number of benzene rings is 3. The first kappa shape index (κ1) is 26.1. The molecule has 0 unspecified atom stereocenters. The van der Waals surface area contributed by atoms with Crippen LogP contribution in [-0.4, -0.2) is 29.1 Å². The van der Waals surface area contributed by atoms with Crippen molar-refractivity contribution in [2.24, 2.45) is 5.92 Å². The van der Waals surface area contributed by atoms with E-state index in [1.165, 1.54) is 0 Å². The number of nitriles is 1. The molecular weight excluding hydrogens is 514 g/mol. The van der Waals surface area contributed by atoms with Crippen molar-refractivity contribution in [3.63, 3.8) is 0 Å². The zero-order chi connectivity index (χ0) is 27.2. The predicted molar refractivity (Wildman–Crippen MR) is 149 cm³/mol. The number of carbonyl (C=O) groups is 1. The van der Waals surface area contributed by atoms with Gasteiger partial charge in [0.2, 0.25) is 0 Å². The van der Waals surface area contributed by atoms with Gasteiger partial charge in [0.25, 0.3) is 0 Å². The lowest BCUT2D eigenvalue weighted by Crippen LogP contribution is -2.36. The Bertz CT molecular complexity index is 1490. The second kappa shape index (κ2) is 11.9. The van der Waals surface area contributed by atoms with E-state index in [2.05, 4.69) is 11.0 Å². The normalized spacial score (nSPS) is 13.5. The molecule has 196 valence electrons. The van der Waals surface area contributed by atoms with Crippen molar-refractivity contribution in [3.8, 4) is 34.6 Å². The quantitative estimate of drug-likeness (QED) is 0.259. The maximum absolute atomic E-state index is 11.3. The van der Waals surface area contributed by atoms with E-state index in [9.17, 15) is 9.90 Å². The Balaban J connectivity index is 1.27. The van der Waals surface area contributed by atoms with Crippen LogP contribution in [0.15, 0.2) is 84.9 Å². The van der Waals surface area contributed by atoms with Crippen molar-refractivity contribution in [2.45, 2.75) is 19.4 Å². The highest BCUT2D eigenvalue weighted by Crippen LogP contribution is 2.34. The lowest BCUT2D eigenvalue weighted by Gasteiger charge is -2.31. The van der Waals surface area contributed by atoms with E-state index in [1.807, 2.05) is 54.6 Å². The lowest BCUT2D eigenvalue weighted by atomic mass is 9.97. The Hall–Kier alpha value is -4.54. The first-order valence-corrected chi connectivity index (χ1v) is 13.0.